The molecule has 208 valence electrons. The van der Waals surface area contributed by atoms with Crippen molar-refractivity contribution in [1.29, 1.82) is 0 Å². The maximum absolute atomic E-state index is 14.0. The molecule has 3 aromatic rings. The molecule has 0 aliphatic rings. The minimum absolute atomic E-state index is 0.0121. The summed E-state index contributed by atoms with van der Waals surface area (Å²) < 4.78 is 28.8. The van der Waals surface area contributed by atoms with Crippen LogP contribution < -0.4 is 9.62 Å². The first kappa shape index (κ1) is 30.2. The van der Waals surface area contributed by atoms with Crippen molar-refractivity contribution in [2.24, 2.45) is 0 Å². The SMILES string of the molecule is CCCNC(=O)[C@@H](CC)N(Cc1ccc(C)cc1)C(=O)CN(c1ccc(C)cc1)S(=O)(=O)c1ccc(Cl)cc1. The number of sulfonamides is 1. The number of carbonyl (C=O) groups is 2. The molecule has 1 N–H and O–H groups in total. The van der Waals surface area contributed by atoms with Gasteiger partial charge in [0.1, 0.15) is 12.6 Å². The van der Waals surface area contributed by atoms with Crippen LogP contribution in [-0.4, -0.2) is 44.3 Å². The lowest BCUT2D eigenvalue weighted by atomic mass is 10.1. The number of carbonyl (C=O) groups excluding carboxylic acids is 2. The lowest BCUT2D eigenvalue weighted by molar-refractivity contribution is -0.140. The largest absolute Gasteiger partial charge is 0.354 e. The van der Waals surface area contributed by atoms with Gasteiger partial charge in [0.15, 0.2) is 0 Å². The molecular weight excluding hydrogens is 534 g/mol. The van der Waals surface area contributed by atoms with Crippen LogP contribution in [0, 0.1) is 13.8 Å². The molecule has 0 aliphatic heterocycles. The molecule has 0 saturated carbocycles. The van der Waals surface area contributed by atoms with Gasteiger partial charge in [-0.2, -0.15) is 0 Å². The van der Waals surface area contributed by atoms with E-state index in [-0.39, 0.29) is 17.3 Å². The molecule has 39 heavy (non-hydrogen) atoms. The molecule has 0 fully saturated rings. The maximum atomic E-state index is 14.0. The lowest BCUT2D eigenvalue weighted by Crippen LogP contribution is -2.52. The Labute approximate surface area is 236 Å². The molecule has 3 aromatic carbocycles. The van der Waals surface area contributed by atoms with E-state index >= 15 is 0 Å². The molecule has 0 aromatic heterocycles. The van der Waals surface area contributed by atoms with Gasteiger partial charge < -0.3 is 10.2 Å². The van der Waals surface area contributed by atoms with Gasteiger partial charge in [-0.05, 0) is 68.7 Å². The van der Waals surface area contributed by atoms with Gasteiger partial charge in [0.2, 0.25) is 11.8 Å². The minimum Gasteiger partial charge on any atom is -0.354 e. The number of nitrogens with one attached hydrogen (secondary N) is 1. The third-order valence-electron chi connectivity index (χ3n) is 6.41. The van der Waals surface area contributed by atoms with Crippen LogP contribution in [0.2, 0.25) is 5.02 Å². The van der Waals surface area contributed by atoms with Crippen molar-refractivity contribution in [2.45, 2.75) is 58.0 Å². The summed E-state index contributed by atoms with van der Waals surface area (Å²) in [6.07, 6.45) is 1.14. The highest BCUT2D eigenvalue weighted by Crippen LogP contribution is 2.26. The first-order chi connectivity index (χ1) is 18.6. The van der Waals surface area contributed by atoms with E-state index in [1.807, 2.05) is 52.0 Å². The second-order valence-electron chi connectivity index (χ2n) is 9.52. The van der Waals surface area contributed by atoms with E-state index in [9.17, 15) is 18.0 Å². The molecule has 0 bridgehead atoms. The Morgan fingerprint density at radius 3 is 1.97 bits per heavy atom. The van der Waals surface area contributed by atoms with Gasteiger partial charge in [0, 0.05) is 18.1 Å². The smallest absolute Gasteiger partial charge is 0.264 e. The van der Waals surface area contributed by atoms with Crippen LogP contribution in [0.1, 0.15) is 43.4 Å². The summed E-state index contributed by atoms with van der Waals surface area (Å²) in [6, 6.07) is 19.7. The van der Waals surface area contributed by atoms with E-state index < -0.39 is 28.5 Å². The molecule has 0 radical (unpaired) electrons. The van der Waals surface area contributed by atoms with Crippen molar-refractivity contribution in [1.82, 2.24) is 10.2 Å². The number of halogens is 1. The Morgan fingerprint density at radius 1 is 0.872 bits per heavy atom. The zero-order valence-electron chi connectivity index (χ0n) is 22.9. The highest BCUT2D eigenvalue weighted by Gasteiger charge is 2.33. The minimum atomic E-state index is -4.13. The van der Waals surface area contributed by atoms with Crippen molar-refractivity contribution < 1.29 is 18.0 Å². The monoisotopic (exact) mass is 569 g/mol. The van der Waals surface area contributed by atoms with Crippen LogP contribution in [0.4, 0.5) is 5.69 Å². The average molecular weight is 570 g/mol. The van der Waals surface area contributed by atoms with Gasteiger partial charge in [-0.3, -0.25) is 13.9 Å². The predicted molar refractivity (Wildman–Crippen MR) is 156 cm³/mol. The zero-order valence-corrected chi connectivity index (χ0v) is 24.4. The van der Waals surface area contributed by atoms with Gasteiger partial charge in [0.05, 0.1) is 10.6 Å². The number of amides is 2. The van der Waals surface area contributed by atoms with Crippen LogP contribution in [-0.2, 0) is 26.2 Å². The number of rotatable bonds is 12. The van der Waals surface area contributed by atoms with Crippen LogP contribution in [0.25, 0.3) is 0 Å². The number of benzene rings is 3. The van der Waals surface area contributed by atoms with E-state index in [2.05, 4.69) is 5.32 Å². The van der Waals surface area contributed by atoms with Gasteiger partial charge in [0.25, 0.3) is 10.0 Å². The first-order valence-electron chi connectivity index (χ1n) is 13.0. The van der Waals surface area contributed by atoms with Gasteiger partial charge in [-0.1, -0.05) is 73.0 Å². The van der Waals surface area contributed by atoms with Gasteiger partial charge >= 0.3 is 0 Å². The highest BCUT2D eigenvalue weighted by molar-refractivity contribution is 7.92. The zero-order chi connectivity index (χ0) is 28.6. The molecular formula is C30H36ClN3O4S. The standard InChI is InChI=1S/C30H36ClN3O4S/c1-5-19-32-30(36)28(6-2)33(20-24-11-7-22(3)8-12-24)29(35)21-34(26-15-9-23(4)10-16-26)39(37,38)27-17-13-25(31)14-18-27/h7-18,28H,5-6,19-21H2,1-4H3,(H,32,36)/t28-/m1/s1. The summed E-state index contributed by atoms with van der Waals surface area (Å²) in [7, 11) is -4.13. The fourth-order valence-electron chi connectivity index (χ4n) is 4.15. The molecule has 0 heterocycles. The average Bonchev–Trinajstić information content (AvgIpc) is 2.92. The van der Waals surface area contributed by atoms with E-state index in [4.69, 9.17) is 11.6 Å². The summed E-state index contributed by atoms with van der Waals surface area (Å²) in [5.41, 5.74) is 3.22. The highest BCUT2D eigenvalue weighted by atomic mass is 35.5. The van der Waals surface area contributed by atoms with E-state index in [1.54, 1.807) is 24.3 Å². The number of hydrogen-bond donors (Lipinski definition) is 1. The van der Waals surface area contributed by atoms with Crippen molar-refractivity contribution in [3.8, 4) is 0 Å². The molecule has 1 atom stereocenters. The first-order valence-corrected chi connectivity index (χ1v) is 14.9. The maximum Gasteiger partial charge on any atom is 0.264 e. The Bertz CT molecular complexity index is 1360. The van der Waals surface area contributed by atoms with Crippen molar-refractivity contribution in [2.75, 3.05) is 17.4 Å². The third kappa shape index (κ3) is 7.83. The van der Waals surface area contributed by atoms with Gasteiger partial charge in [-0.25, -0.2) is 8.42 Å². The molecule has 7 nitrogen and oxygen atoms in total. The Morgan fingerprint density at radius 2 is 1.44 bits per heavy atom. The number of aryl methyl sites for hydroxylation is 2. The predicted octanol–water partition coefficient (Wildman–Crippen LogP) is 5.49. The molecule has 3 rings (SSSR count). The summed E-state index contributed by atoms with van der Waals surface area (Å²) >= 11 is 6.00. The van der Waals surface area contributed by atoms with Crippen LogP contribution >= 0.6 is 11.6 Å². The summed E-state index contributed by atoms with van der Waals surface area (Å²) in [6.45, 7) is 7.85. The Hall–Kier alpha value is -3.36. The van der Waals surface area contributed by atoms with Crippen LogP contribution in [0.15, 0.2) is 77.7 Å². The van der Waals surface area contributed by atoms with Crippen molar-refractivity contribution >= 4 is 39.1 Å². The van der Waals surface area contributed by atoms with E-state index in [0.717, 1.165) is 27.4 Å². The second-order valence-corrected chi connectivity index (χ2v) is 11.8. The van der Waals surface area contributed by atoms with Crippen molar-refractivity contribution in [3.63, 3.8) is 0 Å². The Kier molecular flexibility index (Phi) is 10.5. The normalized spacial score (nSPS) is 12.0. The fraction of sp³-hybridized carbons (Fsp3) is 0.333. The summed E-state index contributed by atoms with van der Waals surface area (Å²) in [4.78, 5) is 28.6. The lowest BCUT2D eigenvalue weighted by Gasteiger charge is -2.33. The molecule has 2 amide bonds. The fourth-order valence-corrected chi connectivity index (χ4v) is 5.69. The molecule has 0 saturated heterocycles. The molecule has 0 unspecified atom stereocenters. The third-order valence-corrected chi connectivity index (χ3v) is 8.45. The molecule has 0 aliphatic carbocycles. The number of hydrogen-bond acceptors (Lipinski definition) is 4. The topological polar surface area (TPSA) is 86.8 Å². The van der Waals surface area contributed by atoms with Crippen LogP contribution in [0.5, 0.6) is 0 Å². The van der Waals surface area contributed by atoms with Crippen molar-refractivity contribution in [3.05, 3.63) is 94.5 Å². The van der Waals surface area contributed by atoms with E-state index in [1.165, 1.54) is 29.2 Å². The number of anilines is 1. The Balaban J connectivity index is 2.03. The second kappa shape index (κ2) is 13.6. The van der Waals surface area contributed by atoms with Gasteiger partial charge in [-0.15, -0.1) is 0 Å². The molecule has 0 spiro atoms. The molecule has 9 heteroatoms. The summed E-state index contributed by atoms with van der Waals surface area (Å²) in [5.74, 6) is -0.741. The quantitative estimate of drug-likeness (QED) is 0.313. The van der Waals surface area contributed by atoms with E-state index in [0.29, 0.717) is 23.7 Å². The summed E-state index contributed by atoms with van der Waals surface area (Å²) in [5, 5.41) is 3.29. The number of nitrogens with zero attached hydrogens (tertiary/aromatic N) is 2. The van der Waals surface area contributed by atoms with Crippen LogP contribution in [0.3, 0.4) is 0 Å².